The van der Waals surface area contributed by atoms with Crippen molar-refractivity contribution >= 4 is 23.6 Å². The van der Waals surface area contributed by atoms with Crippen LogP contribution in [0.4, 0.5) is 19.0 Å². The normalized spacial score (nSPS) is 16.4. The Morgan fingerprint density at radius 3 is 2.20 bits per heavy atom. The molecule has 4 rings (SSSR count). The number of rotatable bonds is 8. The van der Waals surface area contributed by atoms with Crippen LogP contribution >= 0.6 is 0 Å². The molecule has 1 aliphatic carbocycles. The summed E-state index contributed by atoms with van der Waals surface area (Å²) < 4.78 is 31.7. The number of carbonyl (C=O) groups is 3. The molecular weight excluding hydrogens is 533 g/mol. The molecule has 1 aromatic heterocycles. The predicted molar refractivity (Wildman–Crippen MR) is 139 cm³/mol. The summed E-state index contributed by atoms with van der Waals surface area (Å²) in [4.78, 5) is 43.0. The highest BCUT2D eigenvalue weighted by Gasteiger charge is 2.38. The van der Waals surface area contributed by atoms with E-state index < -0.39 is 18.2 Å². The van der Waals surface area contributed by atoms with Crippen LogP contribution in [0.5, 0.6) is 0 Å². The minimum atomic E-state index is -5.08. The van der Waals surface area contributed by atoms with Gasteiger partial charge in [0.25, 0.3) is 5.91 Å². The van der Waals surface area contributed by atoms with Crippen LogP contribution in [0.25, 0.3) is 0 Å². The van der Waals surface area contributed by atoms with Gasteiger partial charge in [0.05, 0.1) is 6.10 Å². The average molecular weight is 567 g/mol. The van der Waals surface area contributed by atoms with Gasteiger partial charge in [0.2, 0.25) is 5.91 Å². The van der Waals surface area contributed by atoms with Gasteiger partial charge in [0, 0.05) is 51.3 Å². The number of amides is 2. The van der Waals surface area contributed by atoms with Crippen molar-refractivity contribution in [3.8, 4) is 0 Å². The number of nitrogens with zero attached hydrogens (tertiary/aromatic N) is 3. The molecule has 40 heavy (non-hydrogen) atoms. The van der Waals surface area contributed by atoms with Crippen molar-refractivity contribution in [3.05, 3.63) is 53.5 Å². The Kier molecular flexibility index (Phi) is 10.8. The van der Waals surface area contributed by atoms with Crippen molar-refractivity contribution in [2.24, 2.45) is 0 Å². The number of aromatic nitrogens is 2. The zero-order valence-electron chi connectivity index (χ0n) is 21.9. The quantitative estimate of drug-likeness (QED) is 0.319. The number of piperidine rings is 1. The number of fused-ring (bicyclic) bond motifs is 1. The fraction of sp³-hybridized carbons (Fsp3) is 0.500. The first kappa shape index (κ1) is 30.8. The maximum atomic E-state index is 12.5. The van der Waals surface area contributed by atoms with Crippen LogP contribution in [-0.4, -0.2) is 93.4 Å². The number of benzene rings is 1. The number of aliphatic hydroxyl groups is 1. The lowest BCUT2D eigenvalue weighted by atomic mass is 10.1. The molecular formula is C26H33F3N6O5. The first-order valence-electron chi connectivity index (χ1n) is 12.8. The monoisotopic (exact) mass is 566 g/mol. The van der Waals surface area contributed by atoms with Gasteiger partial charge in [0.15, 0.2) is 0 Å². The number of nitrogens with one attached hydrogen (secondary N) is 3. The van der Waals surface area contributed by atoms with E-state index in [1.54, 1.807) is 13.0 Å². The number of carboxylic acids is 1. The third kappa shape index (κ3) is 9.45. The lowest BCUT2D eigenvalue weighted by Crippen LogP contribution is -2.42. The minimum Gasteiger partial charge on any atom is -0.475 e. The number of aliphatic carboxylic acids is 1. The Hall–Kier alpha value is -3.78. The fourth-order valence-electron chi connectivity index (χ4n) is 4.49. The van der Waals surface area contributed by atoms with Crippen molar-refractivity contribution in [2.75, 3.05) is 31.5 Å². The van der Waals surface area contributed by atoms with Crippen LogP contribution in [0.3, 0.4) is 0 Å². The predicted octanol–water partition coefficient (Wildman–Crippen LogP) is 1.38. The Labute approximate surface area is 229 Å². The van der Waals surface area contributed by atoms with E-state index in [2.05, 4.69) is 50.2 Å². The summed E-state index contributed by atoms with van der Waals surface area (Å²) in [5, 5.41) is 26.9. The maximum Gasteiger partial charge on any atom is 0.490 e. The van der Waals surface area contributed by atoms with Gasteiger partial charge in [-0.3, -0.25) is 9.59 Å². The minimum absolute atomic E-state index is 0.0974. The molecule has 1 aromatic carbocycles. The summed E-state index contributed by atoms with van der Waals surface area (Å²) in [5.41, 5.74) is 2.96. The summed E-state index contributed by atoms with van der Waals surface area (Å²) in [7, 11) is 0. The molecule has 0 bridgehead atoms. The first-order chi connectivity index (χ1) is 18.9. The molecule has 0 radical (unpaired) electrons. The molecule has 2 heterocycles. The molecule has 14 heteroatoms. The topological polar surface area (TPSA) is 157 Å². The maximum absolute atomic E-state index is 12.5. The van der Waals surface area contributed by atoms with Crippen LogP contribution in [0.15, 0.2) is 36.7 Å². The Bertz CT molecular complexity index is 1150. The molecule has 2 amide bonds. The summed E-state index contributed by atoms with van der Waals surface area (Å²) in [6.45, 7) is 3.56. The second-order valence-electron chi connectivity index (χ2n) is 9.66. The van der Waals surface area contributed by atoms with Gasteiger partial charge in [-0.25, -0.2) is 14.8 Å². The Morgan fingerprint density at radius 2 is 1.65 bits per heavy atom. The van der Waals surface area contributed by atoms with Gasteiger partial charge in [-0.2, -0.15) is 13.2 Å². The van der Waals surface area contributed by atoms with Gasteiger partial charge in [-0.1, -0.05) is 24.3 Å². The Morgan fingerprint density at radius 1 is 1.05 bits per heavy atom. The number of carboxylic acid groups (broad SMARTS) is 1. The van der Waals surface area contributed by atoms with Crippen molar-refractivity contribution < 1.29 is 37.8 Å². The van der Waals surface area contributed by atoms with Gasteiger partial charge in [0.1, 0.15) is 17.8 Å². The zero-order chi connectivity index (χ0) is 29.3. The number of carbonyl (C=O) groups excluding carboxylic acids is 2. The Balaban J connectivity index is 0.000000559. The van der Waals surface area contributed by atoms with Gasteiger partial charge >= 0.3 is 12.1 Å². The van der Waals surface area contributed by atoms with E-state index in [1.807, 2.05) is 4.90 Å². The molecule has 218 valence electrons. The standard InChI is InChI=1S/C24H32N6O3.C2HF3O2/c1-16(31)30-8-6-19(7-9-30)29-23-12-22(27-15-28-23)24(33)26-14-21(32)13-25-20-10-17-4-2-3-5-18(17)11-20;3-2(4,5)1(6)7/h2-5,12,15,19-21,25,32H,6-11,13-14H2,1H3,(H,26,33)(H,27,28,29);(H,6,7). The van der Waals surface area contributed by atoms with Gasteiger partial charge < -0.3 is 31.1 Å². The number of aliphatic hydroxyl groups excluding tert-OH is 1. The SMILES string of the molecule is CC(=O)N1CCC(Nc2cc(C(=O)NCC(O)CNC3Cc4ccccc4C3)ncn2)CC1.O=C(O)C(F)(F)F. The van der Waals surface area contributed by atoms with E-state index in [0.717, 1.165) is 25.7 Å². The number of likely N-dealkylation sites (tertiary alicyclic amines) is 1. The highest BCUT2D eigenvalue weighted by molar-refractivity contribution is 5.92. The average Bonchev–Trinajstić information content (AvgIpc) is 3.34. The lowest BCUT2D eigenvalue weighted by molar-refractivity contribution is -0.192. The third-order valence-electron chi connectivity index (χ3n) is 6.63. The van der Waals surface area contributed by atoms with Crippen LogP contribution in [-0.2, 0) is 22.4 Å². The second-order valence-corrected chi connectivity index (χ2v) is 9.66. The molecule has 11 nitrogen and oxygen atoms in total. The molecule has 1 aliphatic heterocycles. The molecule has 0 saturated carbocycles. The highest BCUT2D eigenvalue weighted by atomic mass is 19.4. The van der Waals surface area contributed by atoms with E-state index in [4.69, 9.17) is 9.90 Å². The van der Waals surface area contributed by atoms with E-state index in [-0.39, 0.29) is 30.1 Å². The molecule has 2 aliphatic rings. The van der Waals surface area contributed by atoms with Gasteiger partial charge in [-0.15, -0.1) is 0 Å². The molecule has 1 fully saturated rings. The van der Waals surface area contributed by atoms with E-state index in [9.17, 15) is 27.9 Å². The van der Waals surface area contributed by atoms with Gasteiger partial charge in [-0.05, 0) is 36.8 Å². The number of halogens is 3. The van der Waals surface area contributed by atoms with Crippen molar-refractivity contribution in [2.45, 2.75) is 57.0 Å². The smallest absolute Gasteiger partial charge is 0.475 e. The van der Waals surface area contributed by atoms with E-state index in [1.165, 1.54) is 17.5 Å². The number of anilines is 1. The largest absolute Gasteiger partial charge is 0.490 e. The molecule has 1 unspecified atom stereocenters. The summed E-state index contributed by atoms with van der Waals surface area (Å²) in [6, 6.07) is 10.5. The zero-order valence-corrected chi connectivity index (χ0v) is 21.9. The van der Waals surface area contributed by atoms with Crippen molar-refractivity contribution in [3.63, 3.8) is 0 Å². The molecule has 1 atom stereocenters. The van der Waals surface area contributed by atoms with Crippen LogP contribution in [0.2, 0.25) is 0 Å². The molecule has 1 saturated heterocycles. The molecule has 5 N–H and O–H groups in total. The fourth-order valence-corrected chi connectivity index (χ4v) is 4.49. The lowest BCUT2D eigenvalue weighted by Gasteiger charge is -2.31. The number of hydrogen-bond acceptors (Lipinski definition) is 8. The summed E-state index contributed by atoms with van der Waals surface area (Å²) in [6.07, 6.45) is -0.840. The first-order valence-corrected chi connectivity index (χ1v) is 12.8. The summed E-state index contributed by atoms with van der Waals surface area (Å²) in [5.74, 6) is -2.42. The van der Waals surface area contributed by atoms with Crippen molar-refractivity contribution in [1.29, 1.82) is 0 Å². The summed E-state index contributed by atoms with van der Waals surface area (Å²) >= 11 is 0. The van der Waals surface area contributed by atoms with E-state index >= 15 is 0 Å². The number of alkyl halides is 3. The second kappa shape index (κ2) is 14.0. The van der Waals surface area contributed by atoms with Crippen LogP contribution in [0.1, 0.15) is 41.4 Å². The molecule has 2 aromatic rings. The van der Waals surface area contributed by atoms with E-state index in [0.29, 0.717) is 31.5 Å². The number of hydrogen-bond donors (Lipinski definition) is 5. The van der Waals surface area contributed by atoms with Crippen molar-refractivity contribution in [1.82, 2.24) is 25.5 Å². The van der Waals surface area contributed by atoms with Crippen LogP contribution < -0.4 is 16.0 Å². The highest BCUT2D eigenvalue weighted by Crippen LogP contribution is 2.21. The van der Waals surface area contributed by atoms with Crippen LogP contribution in [0, 0.1) is 0 Å². The molecule has 0 spiro atoms. The third-order valence-corrected chi connectivity index (χ3v) is 6.63.